The van der Waals surface area contributed by atoms with Gasteiger partial charge in [0.2, 0.25) is 0 Å². The second kappa shape index (κ2) is 6.68. The molecule has 0 saturated carbocycles. The normalized spacial score (nSPS) is 30.4. The van der Waals surface area contributed by atoms with Crippen LogP contribution in [0, 0.1) is 0 Å². The van der Waals surface area contributed by atoms with Crippen LogP contribution in [0.1, 0.15) is 44.7 Å². The molecule has 0 aromatic carbocycles. The predicted octanol–water partition coefficient (Wildman–Crippen LogP) is 2.62. The minimum absolute atomic E-state index is 0.751. The SMILES string of the molecule is CCNC1CC2CCCC(C1)N2CCc1ccccn1. The zero-order chi connectivity index (χ0) is 13.8. The Kier molecular flexibility index (Phi) is 4.69. The summed E-state index contributed by atoms with van der Waals surface area (Å²) in [4.78, 5) is 7.25. The third-order valence-electron chi connectivity index (χ3n) is 4.97. The largest absolute Gasteiger partial charge is 0.314 e. The number of nitrogens with one attached hydrogen (secondary N) is 1. The molecule has 2 saturated heterocycles. The van der Waals surface area contributed by atoms with Gasteiger partial charge >= 0.3 is 0 Å². The highest BCUT2D eigenvalue weighted by Crippen LogP contribution is 2.34. The van der Waals surface area contributed by atoms with Crippen molar-refractivity contribution in [3.63, 3.8) is 0 Å². The average Bonchev–Trinajstić information content (AvgIpc) is 2.46. The number of rotatable bonds is 5. The van der Waals surface area contributed by atoms with E-state index < -0.39 is 0 Å². The van der Waals surface area contributed by atoms with Crippen LogP contribution in [0.25, 0.3) is 0 Å². The first kappa shape index (κ1) is 14.0. The fourth-order valence-corrected chi connectivity index (χ4v) is 4.09. The molecule has 1 aromatic rings. The van der Waals surface area contributed by atoms with Crippen LogP contribution < -0.4 is 5.32 Å². The molecule has 3 heterocycles. The molecule has 3 rings (SSSR count). The molecule has 2 atom stereocenters. The Balaban J connectivity index is 1.59. The number of aromatic nitrogens is 1. The van der Waals surface area contributed by atoms with E-state index in [1.807, 2.05) is 12.3 Å². The summed E-state index contributed by atoms with van der Waals surface area (Å²) in [5.41, 5.74) is 1.24. The van der Waals surface area contributed by atoms with Crippen molar-refractivity contribution in [3.8, 4) is 0 Å². The summed E-state index contributed by atoms with van der Waals surface area (Å²) in [6.45, 7) is 4.52. The van der Waals surface area contributed by atoms with Crippen molar-refractivity contribution in [2.75, 3.05) is 13.1 Å². The van der Waals surface area contributed by atoms with Crippen LogP contribution in [0.5, 0.6) is 0 Å². The molecule has 0 aliphatic carbocycles. The van der Waals surface area contributed by atoms with Crippen LogP contribution in [0.2, 0.25) is 0 Å². The zero-order valence-electron chi connectivity index (χ0n) is 12.6. The fourth-order valence-electron chi connectivity index (χ4n) is 4.09. The standard InChI is InChI=1S/C17H27N3/c1-2-18-15-12-16-7-5-8-17(13-15)20(16)11-9-14-6-3-4-10-19-14/h3-4,6,10,15-18H,2,5,7-9,11-13H2,1H3. The number of nitrogens with zero attached hydrogens (tertiary/aromatic N) is 2. The Morgan fingerprint density at radius 1 is 1.25 bits per heavy atom. The number of piperidine rings is 2. The molecule has 2 aliphatic heterocycles. The smallest absolute Gasteiger partial charge is 0.0416 e. The van der Waals surface area contributed by atoms with Crippen LogP contribution >= 0.6 is 0 Å². The van der Waals surface area contributed by atoms with E-state index in [1.165, 1.54) is 44.3 Å². The molecule has 20 heavy (non-hydrogen) atoms. The molecule has 0 amide bonds. The van der Waals surface area contributed by atoms with Crippen molar-refractivity contribution in [1.29, 1.82) is 0 Å². The van der Waals surface area contributed by atoms with Gasteiger partial charge in [-0.15, -0.1) is 0 Å². The highest BCUT2D eigenvalue weighted by Gasteiger charge is 2.37. The van der Waals surface area contributed by atoms with Crippen molar-refractivity contribution >= 4 is 0 Å². The molecule has 0 radical (unpaired) electrons. The Morgan fingerprint density at radius 3 is 2.70 bits per heavy atom. The maximum absolute atomic E-state index is 4.46. The first-order valence-electron chi connectivity index (χ1n) is 8.26. The topological polar surface area (TPSA) is 28.2 Å². The molecule has 1 N–H and O–H groups in total. The summed E-state index contributed by atoms with van der Waals surface area (Å²) in [5.74, 6) is 0. The van der Waals surface area contributed by atoms with E-state index in [9.17, 15) is 0 Å². The van der Waals surface area contributed by atoms with Crippen molar-refractivity contribution in [1.82, 2.24) is 15.2 Å². The summed E-state index contributed by atoms with van der Waals surface area (Å²) in [5, 5.41) is 3.67. The maximum Gasteiger partial charge on any atom is 0.0416 e. The second-order valence-electron chi connectivity index (χ2n) is 6.27. The van der Waals surface area contributed by atoms with E-state index in [-0.39, 0.29) is 0 Å². The van der Waals surface area contributed by atoms with Gasteiger partial charge in [0, 0.05) is 43.0 Å². The number of pyridine rings is 1. The first-order chi connectivity index (χ1) is 9.86. The molecule has 1 aromatic heterocycles. The number of hydrogen-bond donors (Lipinski definition) is 1. The Hall–Kier alpha value is -0.930. The van der Waals surface area contributed by atoms with Crippen LogP contribution in [0.15, 0.2) is 24.4 Å². The molecule has 2 unspecified atom stereocenters. The molecule has 3 heteroatoms. The lowest BCUT2D eigenvalue weighted by molar-refractivity contribution is 0.0258. The second-order valence-corrected chi connectivity index (χ2v) is 6.27. The lowest BCUT2D eigenvalue weighted by atomic mass is 9.81. The van der Waals surface area contributed by atoms with Gasteiger partial charge in [0.1, 0.15) is 0 Å². The van der Waals surface area contributed by atoms with Crippen molar-refractivity contribution < 1.29 is 0 Å². The minimum atomic E-state index is 0.751. The van der Waals surface area contributed by atoms with Gasteiger partial charge < -0.3 is 5.32 Å². The van der Waals surface area contributed by atoms with Crippen LogP contribution in [-0.4, -0.2) is 41.1 Å². The monoisotopic (exact) mass is 273 g/mol. The highest BCUT2D eigenvalue weighted by atomic mass is 15.2. The van der Waals surface area contributed by atoms with Gasteiger partial charge in [0.25, 0.3) is 0 Å². The average molecular weight is 273 g/mol. The van der Waals surface area contributed by atoms with Crippen LogP contribution in [0.4, 0.5) is 0 Å². The van der Waals surface area contributed by atoms with Gasteiger partial charge in [-0.1, -0.05) is 19.4 Å². The summed E-state index contributed by atoms with van der Waals surface area (Å²) in [7, 11) is 0. The Labute approximate surface area is 122 Å². The lowest BCUT2D eigenvalue weighted by Crippen LogP contribution is -2.56. The van der Waals surface area contributed by atoms with E-state index in [2.05, 4.69) is 34.3 Å². The third kappa shape index (κ3) is 3.21. The Morgan fingerprint density at radius 2 is 2.05 bits per heavy atom. The van der Waals surface area contributed by atoms with Gasteiger partial charge in [0.05, 0.1) is 0 Å². The lowest BCUT2D eigenvalue weighted by Gasteiger charge is -2.49. The molecular weight excluding hydrogens is 246 g/mol. The maximum atomic E-state index is 4.46. The van der Waals surface area contributed by atoms with Gasteiger partial charge in [-0.25, -0.2) is 0 Å². The summed E-state index contributed by atoms with van der Waals surface area (Å²) < 4.78 is 0. The molecule has 2 bridgehead atoms. The van der Waals surface area contributed by atoms with Gasteiger partial charge in [-0.2, -0.15) is 0 Å². The van der Waals surface area contributed by atoms with Crippen LogP contribution in [-0.2, 0) is 6.42 Å². The zero-order valence-corrected chi connectivity index (χ0v) is 12.6. The van der Waals surface area contributed by atoms with Crippen molar-refractivity contribution in [2.24, 2.45) is 0 Å². The number of hydrogen-bond acceptors (Lipinski definition) is 3. The molecule has 2 aliphatic rings. The summed E-state index contributed by atoms with van der Waals surface area (Å²) >= 11 is 0. The predicted molar refractivity (Wildman–Crippen MR) is 82.8 cm³/mol. The van der Waals surface area contributed by atoms with Crippen molar-refractivity contribution in [3.05, 3.63) is 30.1 Å². The van der Waals surface area contributed by atoms with Gasteiger partial charge in [0.15, 0.2) is 0 Å². The van der Waals surface area contributed by atoms with Crippen LogP contribution in [0.3, 0.4) is 0 Å². The molecule has 0 spiro atoms. The molecule has 2 fully saturated rings. The Bertz CT molecular complexity index is 392. The van der Waals surface area contributed by atoms with Gasteiger partial charge in [-0.3, -0.25) is 9.88 Å². The van der Waals surface area contributed by atoms with E-state index in [0.29, 0.717) is 0 Å². The molecule has 110 valence electrons. The highest BCUT2D eigenvalue weighted by molar-refractivity contribution is 5.05. The summed E-state index contributed by atoms with van der Waals surface area (Å²) in [6, 6.07) is 8.61. The molecule has 3 nitrogen and oxygen atoms in total. The van der Waals surface area contributed by atoms with Gasteiger partial charge in [-0.05, 0) is 44.4 Å². The van der Waals surface area contributed by atoms with E-state index in [0.717, 1.165) is 31.1 Å². The first-order valence-corrected chi connectivity index (χ1v) is 8.26. The van der Waals surface area contributed by atoms with E-state index in [1.54, 1.807) is 0 Å². The minimum Gasteiger partial charge on any atom is -0.314 e. The van der Waals surface area contributed by atoms with E-state index in [4.69, 9.17) is 0 Å². The fraction of sp³-hybridized carbons (Fsp3) is 0.706. The summed E-state index contributed by atoms with van der Waals surface area (Å²) in [6.07, 6.45) is 9.89. The quantitative estimate of drug-likeness (QED) is 0.894. The van der Waals surface area contributed by atoms with Crippen molar-refractivity contribution in [2.45, 2.75) is 63.6 Å². The number of fused-ring (bicyclic) bond motifs is 2. The molecular formula is C17H27N3. The van der Waals surface area contributed by atoms with E-state index >= 15 is 0 Å². The third-order valence-corrected chi connectivity index (χ3v) is 4.97.